The number of nitrogens with one attached hydrogen (secondary N) is 1. The van der Waals surface area contributed by atoms with E-state index in [1.54, 1.807) is 0 Å². The highest BCUT2D eigenvalue weighted by atomic mass is 35.5. The number of ether oxygens (including phenoxy) is 1. The number of amides is 2. The summed E-state index contributed by atoms with van der Waals surface area (Å²) in [5, 5.41) is 3.09. The van der Waals surface area contributed by atoms with Crippen molar-refractivity contribution in [3.63, 3.8) is 0 Å². The maximum Gasteiger partial charge on any atom is 0.222 e. The number of carbonyl (C=O) groups is 2. The zero-order chi connectivity index (χ0) is 19.6. The Labute approximate surface area is 167 Å². The lowest BCUT2D eigenvalue weighted by Crippen LogP contribution is -2.46. The average Bonchev–Trinajstić information content (AvgIpc) is 2.65. The fourth-order valence-electron chi connectivity index (χ4n) is 3.38. The second-order valence-corrected chi connectivity index (χ2v) is 7.57. The summed E-state index contributed by atoms with van der Waals surface area (Å²) in [5.41, 5.74) is 2.23. The molecule has 2 amide bonds. The Hall–Kier alpha value is -1.75. The highest BCUT2D eigenvalue weighted by Gasteiger charge is 2.23. The van der Waals surface area contributed by atoms with E-state index in [1.165, 1.54) is 0 Å². The van der Waals surface area contributed by atoms with Gasteiger partial charge in [-0.05, 0) is 50.7 Å². The van der Waals surface area contributed by atoms with Gasteiger partial charge in [0.15, 0.2) is 0 Å². The highest BCUT2D eigenvalue weighted by molar-refractivity contribution is 6.17. The molecular weight excluding hydrogens is 364 g/mol. The first-order chi connectivity index (χ1) is 13.0. The van der Waals surface area contributed by atoms with Crippen molar-refractivity contribution in [1.29, 1.82) is 0 Å². The monoisotopic (exact) mass is 394 g/mol. The Kier molecular flexibility index (Phi) is 8.92. The lowest BCUT2D eigenvalue weighted by atomic mass is 10.0. The fourth-order valence-corrected chi connectivity index (χ4v) is 3.52. The van der Waals surface area contributed by atoms with Gasteiger partial charge in [0.05, 0.1) is 6.61 Å². The highest BCUT2D eigenvalue weighted by Crippen LogP contribution is 2.22. The molecule has 0 aromatic heterocycles. The first-order valence-corrected chi connectivity index (χ1v) is 10.4. The Morgan fingerprint density at radius 3 is 2.44 bits per heavy atom. The molecule has 150 valence electrons. The molecule has 27 heavy (non-hydrogen) atoms. The molecule has 1 aromatic rings. The van der Waals surface area contributed by atoms with E-state index < -0.39 is 0 Å². The van der Waals surface area contributed by atoms with Gasteiger partial charge in [-0.15, -0.1) is 11.6 Å². The molecule has 1 aliphatic heterocycles. The number of benzene rings is 1. The van der Waals surface area contributed by atoms with Crippen molar-refractivity contribution in [2.45, 2.75) is 58.4 Å². The van der Waals surface area contributed by atoms with Crippen LogP contribution in [0.3, 0.4) is 0 Å². The topological polar surface area (TPSA) is 58.6 Å². The van der Waals surface area contributed by atoms with E-state index in [4.69, 9.17) is 16.3 Å². The Morgan fingerprint density at radius 1 is 1.15 bits per heavy atom. The Balaban J connectivity index is 1.62. The van der Waals surface area contributed by atoms with Crippen molar-refractivity contribution in [3.8, 4) is 5.75 Å². The van der Waals surface area contributed by atoms with Crippen molar-refractivity contribution >= 4 is 23.4 Å². The van der Waals surface area contributed by atoms with Gasteiger partial charge in [0.25, 0.3) is 0 Å². The van der Waals surface area contributed by atoms with Crippen molar-refractivity contribution in [3.05, 3.63) is 29.3 Å². The number of rotatable bonds is 9. The molecule has 1 N–H and O–H groups in total. The molecule has 0 radical (unpaired) electrons. The minimum absolute atomic E-state index is 0.0621. The largest absolute Gasteiger partial charge is 0.493 e. The van der Waals surface area contributed by atoms with Gasteiger partial charge in [0, 0.05) is 37.9 Å². The summed E-state index contributed by atoms with van der Waals surface area (Å²) in [6, 6.07) is 6.24. The average molecular weight is 395 g/mol. The van der Waals surface area contributed by atoms with Crippen LogP contribution in [0.1, 0.15) is 49.7 Å². The summed E-state index contributed by atoms with van der Waals surface area (Å²) in [5.74, 6) is 1.67. The van der Waals surface area contributed by atoms with E-state index in [1.807, 2.05) is 36.9 Å². The molecule has 1 aromatic carbocycles. The van der Waals surface area contributed by atoms with Gasteiger partial charge in [0.1, 0.15) is 5.75 Å². The summed E-state index contributed by atoms with van der Waals surface area (Å²) in [6.07, 6.45) is 4.02. The number of piperidine rings is 1. The van der Waals surface area contributed by atoms with Crippen LogP contribution in [0.25, 0.3) is 0 Å². The third kappa shape index (κ3) is 7.06. The summed E-state index contributed by atoms with van der Waals surface area (Å²) in [4.78, 5) is 26.0. The number of nitrogens with zero attached hydrogens (tertiary/aromatic N) is 1. The van der Waals surface area contributed by atoms with Crippen molar-refractivity contribution < 1.29 is 14.3 Å². The van der Waals surface area contributed by atoms with Crippen molar-refractivity contribution in [2.75, 3.05) is 25.6 Å². The van der Waals surface area contributed by atoms with Crippen LogP contribution in [0.5, 0.6) is 5.75 Å². The van der Waals surface area contributed by atoms with Gasteiger partial charge < -0.3 is 15.0 Å². The molecule has 6 heteroatoms. The number of alkyl halides is 1. The Bertz CT molecular complexity index is 608. The molecule has 1 fully saturated rings. The minimum atomic E-state index is 0.0621. The van der Waals surface area contributed by atoms with E-state index >= 15 is 0 Å². The van der Waals surface area contributed by atoms with E-state index in [0.29, 0.717) is 44.8 Å². The van der Waals surface area contributed by atoms with Gasteiger partial charge >= 0.3 is 0 Å². The summed E-state index contributed by atoms with van der Waals surface area (Å²) in [6.45, 7) is 6.01. The summed E-state index contributed by atoms with van der Waals surface area (Å²) in [7, 11) is 0. The standard InChI is InChI=1S/C21H31ClN2O3/c1-16-6-3-7-17(2)21(16)27-15-5-8-19(25)23-18-10-13-24(14-11-18)20(26)9-4-12-22/h3,6-7,18H,4-5,8-15H2,1-2H3,(H,23,25). The predicted molar refractivity (Wildman–Crippen MR) is 108 cm³/mol. The van der Waals surface area contributed by atoms with Crippen molar-refractivity contribution in [1.82, 2.24) is 10.2 Å². The van der Waals surface area contributed by atoms with Crippen LogP contribution in [0.15, 0.2) is 18.2 Å². The number of carbonyl (C=O) groups excluding carboxylic acids is 2. The van der Waals surface area contributed by atoms with Gasteiger partial charge in [-0.2, -0.15) is 0 Å². The molecule has 5 nitrogen and oxygen atoms in total. The number of likely N-dealkylation sites (tertiary alicyclic amines) is 1. The van der Waals surface area contributed by atoms with E-state index in [-0.39, 0.29) is 17.9 Å². The van der Waals surface area contributed by atoms with E-state index in [0.717, 1.165) is 36.1 Å². The molecule has 0 unspecified atom stereocenters. The fraction of sp³-hybridized carbons (Fsp3) is 0.619. The lowest BCUT2D eigenvalue weighted by Gasteiger charge is -2.32. The molecule has 0 atom stereocenters. The zero-order valence-corrected chi connectivity index (χ0v) is 17.2. The number of halogens is 1. The number of para-hydroxylation sites is 1. The van der Waals surface area contributed by atoms with Crippen LogP contribution in [-0.4, -0.2) is 48.3 Å². The molecule has 1 heterocycles. The minimum Gasteiger partial charge on any atom is -0.493 e. The van der Waals surface area contributed by atoms with Crippen LogP contribution in [-0.2, 0) is 9.59 Å². The van der Waals surface area contributed by atoms with Gasteiger partial charge in [-0.3, -0.25) is 9.59 Å². The Morgan fingerprint density at radius 2 is 1.81 bits per heavy atom. The van der Waals surface area contributed by atoms with Gasteiger partial charge in [0.2, 0.25) is 11.8 Å². The molecule has 1 aliphatic rings. The number of hydrogen-bond donors (Lipinski definition) is 1. The second kappa shape index (κ2) is 11.2. The third-order valence-corrected chi connectivity index (χ3v) is 5.21. The van der Waals surface area contributed by atoms with E-state index in [2.05, 4.69) is 5.32 Å². The predicted octanol–water partition coefficient (Wildman–Crippen LogP) is 3.59. The SMILES string of the molecule is Cc1cccc(C)c1OCCCC(=O)NC1CCN(C(=O)CCCCl)CC1. The second-order valence-electron chi connectivity index (χ2n) is 7.19. The first-order valence-electron chi connectivity index (χ1n) is 9.83. The maximum absolute atomic E-state index is 12.2. The quantitative estimate of drug-likeness (QED) is 0.514. The van der Waals surface area contributed by atoms with Gasteiger partial charge in [-0.25, -0.2) is 0 Å². The molecule has 1 saturated heterocycles. The zero-order valence-electron chi connectivity index (χ0n) is 16.4. The van der Waals surface area contributed by atoms with Crippen LogP contribution in [0.4, 0.5) is 0 Å². The lowest BCUT2D eigenvalue weighted by molar-refractivity contribution is -0.132. The number of aryl methyl sites for hydroxylation is 2. The molecule has 0 aliphatic carbocycles. The maximum atomic E-state index is 12.2. The molecule has 0 bridgehead atoms. The molecule has 2 rings (SSSR count). The number of hydrogen-bond acceptors (Lipinski definition) is 3. The van der Waals surface area contributed by atoms with Crippen LogP contribution in [0.2, 0.25) is 0 Å². The van der Waals surface area contributed by atoms with Crippen LogP contribution in [0, 0.1) is 13.8 Å². The molecule has 0 spiro atoms. The van der Waals surface area contributed by atoms with E-state index in [9.17, 15) is 9.59 Å². The smallest absolute Gasteiger partial charge is 0.222 e. The molecule has 0 saturated carbocycles. The summed E-state index contributed by atoms with van der Waals surface area (Å²) >= 11 is 5.64. The molecular formula is C21H31ClN2O3. The van der Waals surface area contributed by atoms with Crippen LogP contribution < -0.4 is 10.1 Å². The first kappa shape index (κ1) is 21.5. The van der Waals surface area contributed by atoms with Gasteiger partial charge in [-0.1, -0.05) is 18.2 Å². The van der Waals surface area contributed by atoms with Crippen LogP contribution >= 0.6 is 11.6 Å². The third-order valence-electron chi connectivity index (χ3n) is 4.94. The summed E-state index contributed by atoms with van der Waals surface area (Å²) < 4.78 is 5.85. The van der Waals surface area contributed by atoms with Crippen molar-refractivity contribution in [2.24, 2.45) is 0 Å². The normalized spacial score (nSPS) is 14.9.